The number of amides is 3. The van der Waals surface area contributed by atoms with Gasteiger partial charge in [0.25, 0.3) is 0 Å². The van der Waals surface area contributed by atoms with Gasteiger partial charge in [-0.3, -0.25) is 14.4 Å². The number of hydrogen-bond acceptors (Lipinski definition) is 3. The second-order valence-electron chi connectivity index (χ2n) is 5.06. The van der Waals surface area contributed by atoms with Crippen LogP contribution in [0, 0.1) is 6.92 Å². The molecule has 3 amide bonds. The van der Waals surface area contributed by atoms with Crippen LogP contribution >= 0.6 is 11.6 Å². The number of nitrogens with one attached hydrogen (secondary N) is 3. The first-order chi connectivity index (χ1) is 11.4. The van der Waals surface area contributed by atoms with Gasteiger partial charge in [-0.2, -0.15) is 0 Å². The summed E-state index contributed by atoms with van der Waals surface area (Å²) in [6, 6.07) is 13.6. The summed E-state index contributed by atoms with van der Waals surface area (Å²) >= 11 is 5.81. The Morgan fingerprint density at radius 2 is 1.62 bits per heavy atom. The fourth-order valence-electron chi connectivity index (χ4n) is 1.84. The zero-order valence-corrected chi connectivity index (χ0v) is 13.7. The lowest BCUT2D eigenvalue weighted by atomic mass is 10.2. The Balaban J connectivity index is 1.80. The van der Waals surface area contributed by atoms with Crippen LogP contribution in [0.1, 0.15) is 5.56 Å². The number of aryl methyl sites for hydroxylation is 1. The Morgan fingerprint density at radius 1 is 0.917 bits per heavy atom. The van der Waals surface area contributed by atoms with Gasteiger partial charge >= 0.3 is 11.8 Å². The van der Waals surface area contributed by atoms with E-state index in [-0.39, 0.29) is 6.54 Å². The van der Waals surface area contributed by atoms with Crippen molar-refractivity contribution in [3.8, 4) is 0 Å². The molecule has 24 heavy (non-hydrogen) atoms. The molecule has 0 bridgehead atoms. The Kier molecular flexibility index (Phi) is 5.92. The Bertz CT molecular complexity index is 760. The van der Waals surface area contributed by atoms with E-state index in [0.717, 1.165) is 5.56 Å². The molecule has 7 heteroatoms. The summed E-state index contributed by atoms with van der Waals surface area (Å²) in [4.78, 5) is 35.2. The summed E-state index contributed by atoms with van der Waals surface area (Å²) in [5, 5.41) is 7.75. The number of carbonyl (C=O) groups excluding carboxylic acids is 3. The molecular weight excluding hydrogens is 330 g/mol. The smallest absolute Gasteiger partial charge is 0.313 e. The van der Waals surface area contributed by atoms with Crippen molar-refractivity contribution in [3.05, 3.63) is 59.1 Å². The Morgan fingerprint density at radius 3 is 2.29 bits per heavy atom. The quantitative estimate of drug-likeness (QED) is 0.743. The number of carbonyl (C=O) groups is 3. The lowest BCUT2D eigenvalue weighted by Gasteiger charge is -2.08. The first kappa shape index (κ1) is 17.5. The van der Waals surface area contributed by atoms with E-state index >= 15 is 0 Å². The molecule has 0 aromatic heterocycles. The first-order valence-corrected chi connectivity index (χ1v) is 7.53. The molecule has 124 valence electrons. The molecule has 0 aliphatic heterocycles. The maximum Gasteiger partial charge on any atom is 0.313 e. The van der Waals surface area contributed by atoms with Crippen LogP contribution in [0.25, 0.3) is 0 Å². The van der Waals surface area contributed by atoms with Crippen LogP contribution in [0.2, 0.25) is 5.02 Å². The van der Waals surface area contributed by atoms with Crippen molar-refractivity contribution in [2.24, 2.45) is 0 Å². The Hall–Kier alpha value is -2.86. The van der Waals surface area contributed by atoms with E-state index in [2.05, 4.69) is 16.0 Å². The van der Waals surface area contributed by atoms with Crippen molar-refractivity contribution in [1.82, 2.24) is 5.32 Å². The number of hydrogen-bond donors (Lipinski definition) is 3. The topological polar surface area (TPSA) is 87.3 Å². The largest absolute Gasteiger partial charge is 0.339 e. The van der Waals surface area contributed by atoms with E-state index in [1.165, 1.54) is 0 Å². The molecule has 2 aromatic rings. The zero-order chi connectivity index (χ0) is 17.5. The van der Waals surface area contributed by atoms with Crippen LogP contribution < -0.4 is 16.0 Å². The maximum absolute atomic E-state index is 11.7. The van der Waals surface area contributed by atoms with Gasteiger partial charge in [0.15, 0.2) is 0 Å². The van der Waals surface area contributed by atoms with Crippen molar-refractivity contribution in [2.75, 3.05) is 17.2 Å². The zero-order valence-electron chi connectivity index (χ0n) is 12.9. The molecule has 0 radical (unpaired) electrons. The molecule has 0 unspecified atom stereocenters. The average molecular weight is 346 g/mol. The number of benzene rings is 2. The predicted octanol–water partition coefficient (Wildman–Crippen LogP) is 2.34. The molecule has 0 saturated carbocycles. The fourth-order valence-corrected chi connectivity index (χ4v) is 2.03. The highest BCUT2D eigenvalue weighted by Gasteiger charge is 2.14. The highest BCUT2D eigenvalue weighted by molar-refractivity contribution is 6.40. The van der Waals surface area contributed by atoms with Crippen LogP contribution in [0.15, 0.2) is 48.5 Å². The van der Waals surface area contributed by atoms with Crippen molar-refractivity contribution >= 4 is 40.7 Å². The molecule has 2 aromatic carbocycles. The molecule has 0 aliphatic rings. The van der Waals surface area contributed by atoms with Gasteiger partial charge in [-0.05, 0) is 37.3 Å². The summed E-state index contributed by atoms with van der Waals surface area (Å²) in [6.45, 7) is 1.59. The minimum absolute atomic E-state index is 0.327. The van der Waals surface area contributed by atoms with E-state index in [9.17, 15) is 14.4 Å². The molecule has 2 rings (SSSR count). The van der Waals surface area contributed by atoms with E-state index in [1.54, 1.807) is 36.4 Å². The van der Waals surface area contributed by atoms with E-state index < -0.39 is 17.7 Å². The van der Waals surface area contributed by atoms with Crippen LogP contribution in [-0.2, 0) is 14.4 Å². The van der Waals surface area contributed by atoms with Crippen LogP contribution in [0.5, 0.6) is 0 Å². The summed E-state index contributed by atoms with van der Waals surface area (Å²) in [7, 11) is 0. The molecule has 0 saturated heterocycles. The number of anilines is 2. The molecule has 0 heterocycles. The summed E-state index contributed by atoms with van der Waals surface area (Å²) < 4.78 is 0. The SMILES string of the molecule is Cc1ccc(NC(=O)C(=O)NCC(=O)Nc2cccc(Cl)c2)cc1. The molecule has 0 aliphatic carbocycles. The minimum atomic E-state index is -0.892. The van der Waals surface area contributed by atoms with Crippen molar-refractivity contribution < 1.29 is 14.4 Å². The average Bonchev–Trinajstić information content (AvgIpc) is 2.54. The predicted molar refractivity (Wildman–Crippen MR) is 92.9 cm³/mol. The van der Waals surface area contributed by atoms with Gasteiger partial charge in [0.05, 0.1) is 6.54 Å². The van der Waals surface area contributed by atoms with Gasteiger partial charge in [-0.1, -0.05) is 35.4 Å². The third-order valence-corrected chi connectivity index (χ3v) is 3.27. The molecule has 0 fully saturated rings. The van der Waals surface area contributed by atoms with Gasteiger partial charge < -0.3 is 16.0 Å². The van der Waals surface area contributed by atoms with Crippen LogP contribution in [-0.4, -0.2) is 24.3 Å². The van der Waals surface area contributed by atoms with Crippen LogP contribution in [0.4, 0.5) is 11.4 Å². The van der Waals surface area contributed by atoms with Gasteiger partial charge in [-0.15, -0.1) is 0 Å². The lowest BCUT2D eigenvalue weighted by Crippen LogP contribution is -2.39. The van der Waals surface area contributed by atoms with Crippen molar-refractivity contribution in [3.63, 3.8) is 0 Å². The fraction of sp³-hybridized carbons (Fsp3) is 0.118. The minimum Gasteiger partial charge on any atom is -0.339 e. The molecule has 6 nitrogen and oxygen atoms in total. The summed E-state index contributed by atoms with van der Waals surface area (Å²) in [5.41, 5.74) is 2.05. The summed E-state index contributed by atoms with van der Waals surface area (Å²) in [6.07, 6.45) is 0. The molecular formula is C17H16ClN3O3. The van der Waals surface area contributed by atoms with E-state index in [0.29, 0.717) is 16.4 Å². The first-order valence-electron chi connectivity index (χ1n) is 7.15. The lowest BCUT2D eigenvalue weighted by molar-refractivity contribution is -0.136. The Labute approximate surface area is 144 Å². The third-order valence-electron chi connectivity index (χ3n) is 3.03. The molecule has 0 spiro atoms. The summed E-state index contributed by atoms with van der Waals surface area (Å²) in [5.74, 6) is -2.19. The number of halogens is 1. The van der Waals surface area contributed by atoms with E-state index in [4.69, 9.17) is 11.6 Å². The highest BCUT2D eigenvalue weighted by Crippen LogP contribution is 2.14. The van der Waals surface area contributed by atoms with Crippen molar-refractivity contribution in [1.29, 1.82) is 0 Å². The molecule has 0 atom stereocenters. The normalized spacial score (nSPS) is 9.92. The number of rotatable bonds is 4. The molecule has 3 N–H and O–H groups in total. The second kappa shape index (κ2) is 8.12. The van der Waals surface area contributed by atoms with Crippen molar-refractivity contribution in [2.45, 2.75) is 6.92 Å². The van der Waals surface area contributed by atoms with Crippen LogP contribution in [0.3, 0.4) is 0 Å². The van der Waals surface area contributed by atoms with Gasteiger partial charge in [-0.25, -0.2) is 0 Å². The van der Waals surface area contributed by atoms with Gasteiger partial charge in [0.2, 0.25) is 5.91 Å². The standard InChI is InChI=1S/C17H16ClN3O3/c1-11-5-7-13(8-6-11)21-17(24)16(23)19-10-15(22)20-14-4-2-3-12(18)9-14/h2-9H,10H2,1H3,(H,19,23)(H,20,22)(H,21,24). The monoisotopic (exact) mass is 345 g/mol. The van der Waals surface area contributed by atoms with Gasteiger partial charge in [0, 0.05) is 16.4 Å². The highest BCUT2D eigenvalue weighted by atomic mass is 35.5. The second-order valence-corrected chi connectivity index (χ2v) is 5.50. The van der Waals surface area contributed by atoms with E-state index in [1.807, 2.05) is 19.1 Å². The third kappa shape index (κ3) is 5.40. The maximum atomic E-state index is 11.7. The van der Waals surface area contributed by atoms with Gasteiger partial charge in [0.1, 0.15) is 0 Å².